The molecule has 0 bridgehead atoms. The van der Waals surface area contributed by atoms with E-state index in [-0.39, 0.29) is 0 Å². The van der Waals surface area contributed by atoms with Crippen LogP contribution in [0, 0.1) is 0 Å². The molecule has 0 aromatic heterocycles. The smallest absolute Gasteiger partial charge is 0.0224 e. The van der Waals surface area contributed by atoms with Crippen LogP contribution in [0.5, 0.6) is 0 Å². The summed E-state index contributed by atoms with van der Waals surface area (Å²) in [5.41, 5.74) is 5.61. The number of nitrogens with two attached hydrogens (primary N) is 1. The van der Waals surface area contributed by atoms with Gasteiger partial charge in [0, 0.05) is 25.7 Å². The van der Waals surface area contributed by atoms with Crippen LogP contribution in [-0.2, 0) is 0 Å². The first kappa shape index (κ1) is 12.0. The Bertz CT molecular complexity index is 145. The lowest BCUT2D eigenvalue weighted by molar-refractivity contribution is 0.184. The molecule has 0 aromatic rings. The average Bonchev–Trinajstić information content (AvgIpc) is 2.62. The highest BCUT2D eigenvalue weighted by atomic mass is 15.2. The molecule has 0 aromatic carbocycles. The number of likely N-dealkylation sites (N-methyl/N-ethyl adjacent to an activating group) is 1. The van der Waals surface area contributed by atoms with Crippen LogP contribution in [0.15, 0.2) is 0 Å². The van der Waals surface area contributed by atoms with Gasteiger partial charge in [-0.25, -0.2) is 0 Å². The molecule has 0 spiro atoms. The second-order valence-electron chi connectivity index (χ2n) is 4.11. The van der Waals surface area contributed by atoms with Crippen LogP contribution in [0.2, 0.25) is 0 Å². The largest absolute Gasteiger partial charge is 0.329 e. The van der Waals surface area contributed by atoms with Crippen molar-refractivity contribution in [3.05, 3.63) is 0 Å². The molecule has 1 heterocycles. The first-order chi connectivity index (χ1) is 6.81. The van der Waals surface area contributed by atoms with Gasteiger partial charge in [0.15, 0.2) is 0 Å². The molecule has 1 unspecified atom stereocenters. The van der Waals surface area contributed by atoms with Gasteiger partial charge in [-0.3, -0.25) is 4.90 Å². The van der Waals surface area contributed by atoms with Crippen LogP contribution in [0.4, 0.5) is 0 Å². The molecule has 0 radical (unpaired) electrons. The van der Waals surface area contributed by atoms with Crippen molar-refractivity contribution in [2.75, 3.05) is 39.3 Å². The fraction of sp³-hybridized carbons (Fsp3) is 1.00. The third-order valence-electron chi connectivity index (χ3n) is 3.28. The third-order valence-corrected chi connectivity index (χ3v) is 3.28. The van der Waals surface area contributed by atoms with Crippen LogP contribution in [0.3, 0.4) is 0 Å². The van der Waals surface area contributed by atoms with E-state index in [4.69, 9.17) is 5.73 Å². The Hall–Kier alpha value is -0.120. The highest BCUT2D eigenvalue weighted by Crippen LogP contribution is 2.17. The summed E-state index contributed by atoms with van der Waals surface area (Å²) in [5, 5.41) is 0. The lowest BCUT2D eigenvalue weighted by atomic mass is 10.2. The third kappa shape index (κ3) is 3.23. The molecule has 0 saturated carbocycles. The molecule has 3 nitrogen and oxygen atoms in total. The first-order valence-corrected chi connectivity index (χ1v) is 5.98. The van der Waals surface area contributed by atoms with Gasteiger partial charge in [-0.15, -0.1) is 0 Å². The van der Waals surface area contributed by atoms with Crippen molar-refractivity contribution in [1.82, 2.24) is 9.80 Å². The minimum absolute atomic E-state index is 0.762. The van der Waals surface area contributed by atoms with Crippen LogP contribution in [0.25, 0.3) is 0 Å². The van der Waals surface area contributed by atoms with Crippen LogP contribution >= 0.6 is 0 Å². The number of hydrogen-bond acceptors (Lipinski definition) is 3. The van der Waals surface area contributed by atoms with Crippen molar-refractivity contribution < 1.29 is 0 Å². The SMILES string of the molecule is CCN(CC)CC1CCCN1CCN. The Labute approximate surface area is 88.2 Å². The van der Waals surface area contributed by atoms with Gasteiger partial charge in [0.2, 0.25) is 0 Å². The van der Waals surface area contributed by atoms with Crippen LogP contribution in [-0.4, -0.2) is 55.1 Å². The number of rotatable bonds is 6. The zero-order valence-corrected chi connectivity index (χ0v) is 9.71. The quantitative estimate of drug-likeness (QED) is 0.685. The normalized spacial score (nSPS) is 23.6. The maximum Gasteiger partial charge on any atom is 0.0224 e. The van der Waals surface area contributed by atoms with Gasteiger partial charge in [-0.05, 0) is 32.5 Å². The van der Waals surface area contributed by atoms with Crippen LogP contribution in [0.1, 0.15) is 26.7 Å². The number of likely N-dealkylation sites (tertiary alicyclic amines) is 1. The summed E-state index contributed by atoms with van der Waals surface area (Å²) in [7, 11) is 0. The summed E-state index contributed by atoms with van der Waals surface area (Å²) in [6, 6.07) is 0.762. The Morgan fingerprint density at radius 1 is 1.36 bits per heavy atom. The Morgan fingerprint density at radius 2 is 2.07 bits per heavy atom. The zero-order valence-electron chi connectivity index (χ0n) is 9.71. The summed E-state index contributed by atoms with van der Waals surface area (Å²) in [5.74, 6) is 0. The lowest BCUT2D eigenvalue weighted by Gasteiger charge is -2.29. The fourth-order valence-electron chi connectivity index (χ4n) is 2.34. The van der Waals surface area contributed by atoms with E-state index in [2.05, 4.69) is 23.6 Å². The van der Waals surface area contributed by atoms with Crippen molar-refractivity contribution >= 4 is 0 Å². The molecule has 14 heavy (non-hydrogen) atoms. The van der Waals surface area contributed by atoms with Crippen LogP contribution < -0.4 is 5.73 Å². The molecule has 1 aliphatic heterocycles. The predicted molar refractivity (Wildman–Crippen MR) is 61.4 cm³/mol. The van der Waals surface area contributed by atoms with Gasteiger partial charge in [0.1, 0.15) is 0 Å². The molecule has 1 aliphatic rings. The van der Waals surface area contributed by atoms with Gasteiger partial charge in [0.05, 0.1) is 0 Å². The van der Waals surface area contributed by atoms with E-state index < -0.39 is 0 Å². The van der Waals surface area contributed by atoms with E-state index in [9.17, 15) is 0 Å². The average molecular weight is 199 g/mol. The molecule has 1 rings (SSSR count). The molecule has 0 amide bonds. The molecule has 2 N–H and O–H groups in total. The van der Waals surface area contributed by atoms with E-state index in [0.29, 0.717) is 0 Å². The van der Waals surface area contributed by atoms with Crippen molar-refractivity contribution in [1.29, 1.82) is 0 Å². The van der Waals surface area contributed by atoms with Crippen molar-refractivity contribution in [2.45, 2.75) is 32.7 Å². The molecular formula is C11H25N3. The lowest BCUT2D eigenvalue weighted by Crippen LogP contribution is -2.42. The first-order valence-electron chi connectivity index (χ1n) is 5.98. The highest BCUT2D eigenvalue weighted by molar-refractivity contribution is 4.81. The summed E-state index contributed by atoms with van der Waals surface area (Å²) in [6.45, 7) is 11.2. The number of nitrogens with zero attached hydrogens (tertiary/aromatic N) is 2. The standard InChI is InChI=1S/C11H25N3/c1-3-13(4-2)10-11-6-5-8-14(11)9-7-12/h11H,3-10,12H2,1-2H3. The van der Waals surface area contributed by atoms with Crippen molar-refractivity contribution in [2.24, 2.45) is 5.73 Å². The summed E-state index contributed by atoms with van der Waals surface area (Å²) in [4.78, 5) is 5.07. The molecule has 1 saturated heterocycles. The van der Waals surface area contributed by atoms with Gasteiger partial charge >= 0.3 is 0 Å². The molecular weight excluding hydrogens is 174 g/mol. The maximum atomic E-state index is 5.61. The number of hydrogen-bond donors (Lipinski definition) is 1. The van der Waals surface area contributed by atoms with Gasteiger partial charge in [-0.2, -0.15) is 0 Å². The molecule has 84 valence electrons. The van der Waals surface area contributed by atoms with E-state index in [1.54, 1.807) is 0 Å². The van der Waals surface area contributed by atoms with E-state index in [1.165, 1.54) is 39.0 Å². The Morgan fingerprint density at radius 3 is 2.64 bits per heavy atom. The van der Waals surface area contributed by atoms with E-state index in [1.807, 2.05) is 0 Å². The molecule has 1 atom stereocenters. The van der Waals surface area contributed by atoms with E-state index >= 15 is 0 Å². The highest BCUT2D eigenvalue weighted by Gasteiger charge is 2.24. The summed E-state index contributed by atoms with van der Waals surface area (Å²) in [6.07, 6.45) is 2.71. The predicted octanol–water partition coefficient (Wildman–Crippen LogP) is 0.751. The molecule has 0 aliphatic carbocycles. The minimum Gasteiger partial charge on any atom is -0.329 e. The second kappa shape index (κ2) is 6.38. The van der Waals surface area contributed by atoms with Gasteiger partial charge in [0.25, 0.3) is 0 Å². The van der Waals surface area contributed by atoms with Gasteiger partial charge < -0.3 is 10.6 Å². The summed E-state index contributed by atoms with van der Waals surface area (Å²) >= 11 is 0. The minimum atomic E-state index is 0.762. The second-order valence-corrected chi connectivity index (χ2v) is 4.11. The molecule has 3 heteroatoms. The van der Waals surface area contributed by atoms with Gasteiger partial charge in [-0.1, -0.05) is 13.8 Å². The Balaban J connectivity index is 2.34. The Kier molecular flexibility index (Phi) is 5.45. The summed E-state index contributed by atoms with van der Waals surface area (Å²) < 4.78 is 0. The van der Waals surface area contributed by atoms with Crippen molar-refractivity contribution in [3.63, 3.8) is 0 Å². The fourth-order valence-corrected chi connectivity index (χ4v) is 2.34. The topological polar surface area (TPSA) is 32.5 Å². The van der Waals surface area contributed by atoms with Crippen molar-refractivity contribution in [3.8, 4) is 0 Å². The monoisotopic (exact) mass is 199 g/mol. The molecule has 1 fully saturated rings. The maximum absolute atomic E-state index is 5.61. The van der Waals surface area contributed by atoms with E-state index in [0.717, 1.165) is 19.1 Å². The zero-order chi connectivity index (χ0) is 10.4.